The van der Waals surface area contributed by atoms with E-state index in [1.54, 1.807) is 0 Å². The van der Waals surface area contributed by atoms with E-state index in [0.29, 0.717) is 18.3 Å². The van der Waals surface area contributed by atoms with E-state index in [0.717, 1.165) is 12.8 Å². The van der Waals surface area contributed by atoms with Gasteiger partial charge in [-0.05, 0) is 31.1 Å². The number of fused-ring (bicyclic) bond motifs is 2. The van der Waals surface area contributed by atoms with Crippen molar-refractivity contribution in [3.63, 3.8) is 0 Å². The minimum atomic E-state index is -2.97. The lowest BCUT2D eigenvalue weighted by Crippen LogP contribution is -2.37. The molecule has 4 unspecified atom stereocenters. The molecule has 17 heavy (non-hydrogen) atoms. The second-order valence-electron chi connectivity index (χ2n) is 4.76. The van der Waals surface area contributed by atoms with Crippen LogP contribution in [0.2, 0.25) is 0 Å². The molecule has 1 fully saturated rings. The number of carbonyl (C=O) groups excluding carboxylic acids is 1. The molecule has 0 amide bonds. The lowest BCUT2D eigenvalue weighted by Gasteiger charge is -2.24. The SMILES string of the molecule is CCC(OC(=O)C1CC2C=CC1C2)[Si](Cl)(Cl)Cl. The van der Waals surface area contributed by atoms with Crippen molar-refractivity contribution in [3.8, 4) is 0 Å². The number of halogens is 3. The summed E-state index contributed by atoms with van der Waals surface area (Å²) in [5, 5.41) is 0. The maximum Gasteiger partial charge on any atom is 0.381 e. The monoisotopic (exact) mass is 312 g/mol. The summed E-state index contributed by atoms with van der Waals surface area (Å²) in [5.74, 6) is 0.664. The van der Waals surface area contributed by atoms with E-state index in [1.807, 2.05) is 6.92 Å². The number of carbonyl (C=O) groups is 1. The van der Waals surface area contributed by atoms with Gasteiger partial charge in [-0.25, -0.2) is 0 Å². The van der Waals surface area contributed by atoms with Gasteiger partial charge in [0.25, 0.3) is 0 Å². The molecule has 0 aliphatic heterocycles. The fraction of sp³-hybridized carbons (Fsp3) is 0.727. The standard InChI is InChI=1S/C11H15Cl3O2Si/c1-2-10(17(12,13)14)16-11(15)9-6-7-3-4-8(9)5-7/h3-4,7-10H,2,5-6H2,1H3. The highest BCUT2D eigenvalue weighted by Gasteiger charge is 2.44. The Morgan fingerprint density at radius 3 is 2.53 bits per heavy atom. The normalized spacial score (nSPS) is 32.8. The van der Waals surface area contributed by atoms with Gasteiger partial charge in [-0.1, -0.05) is 19.1 Å². The zero-order valence-electron chi connectivity index (χ0n) is 9.54. The first kappa shape index (κ1) is 13.7. The highest BCUT2D eigenvalue weighted by molar-refractivity contribution is 7.65. The van der Waals surface area contributed by atoms with Crippen molar-refractivity contribution in [2.24, 2.45) is 17.8 Å². The van der Waals surface area contributed by atoms with Gasteiger partial charge >= 0.3 is 12.0 Å². The maximum absolute atomic E-state index is 12.0. The van der Waals surface area contributed by atoms with Crippen LogP contribution in [-0.2, 0) is 9.53 Å². The summed E-state index contributed by atoms with van der Waals surface area (Å²) in [5.41, 5.74) is -0.525. The van der Waals surface area contributed by atoms with Gasteiger partial charge in [0.2, 0.25) is 0 Å². The van der Waals surface area contributed by atoms with Crippen LogP contribution >= 0.6 is 33.2 Å². The predicted octanol–water partition coefficient (Wildman–Crippen LogP) is 3.71. The Hall–Kier alpha value is 0.297. The average Bonchev–Trinajstić information content (AvgIpc) is 2.85. The molecule has 0 aromatic heterocycles. The fourth-order valence-electron chi connectivity index (χ4n) is 2.66. The molecule has 0 aromatic carbocycles. The molecule has 0 saturated heterocycles. The Bertz CT molecular complexity index is 340. The van der Waals surface area contributed by atoms with Crippen molar-refractivity contribution < 1.29 is 9.53 Å². The van der Waals surface area contributed by atoms with Crippen molar-refractivity contribution in [2.45, 2.75) is 31.9 Å². The molecular formula is C11H15Cl3O2Si. The van der Waals surface area contributed by atoms with Crippen LogP contribution in [0, 0.1) is 17.8 Å². The van der Waals surface area contributed by atoms with Gasteiger partial charge in [-0.3, -0.25) is 4.79 Å². The third kappa shape index (κ3) is 3.00. The lowest BCUT2D eigenvalue weighted by atomic mass is 9.94. The molecule has 2 bridgehead atoms. The van der Waals surface area contributed by atoms with Crippen LogP contribution in [0.3, 0.4) is 0 Å². The third-order valence-corrected chi connectivity index (χ3v) is 7.02. The molecule has 0 radical (unpaired) electrons. The van der Waals surface area contributed by atoms with Gasteiger partial charge in [0.05, 0.1) is 5.92 Å². The zero-order chi connectivity index (χ0) is 12.6. The summed E-state index contributed by atoms with van der Waals surface area (Å²) in [6, 6.07) is -2.97. The minimum absolute atomic E-state index is 0.0274. The summed E-state index contributed by atoms with van der Waals surface area (Å²) in [6.07, 6.45) is 6.83. The van der Waals surface area contributed by atoms with Crippen LogP contribution in [0.1, 0.15) is 26.2 Å². The van der Waals surface area contributed by atoms with Crippen LogP contribution in [-0.4, -0.2) is 17.7 Å². The van der Waals surface area contributed by atoms with Crippen LogP contribution < -0.4 is 0 Å². The topological polar surface area (TPSA) is 26.3 Å². The Balaban J connectivity index is 1.95. The molecule has 0 aromatic rings. The Kier molecular flexibility index (Phi) is 4.13. The largest absolute Gasteiger partial charge is 0.461 e. The van der Waals surface area contributed by atoms with Gasteiger partial charge in [-0.15, -0.1) is 33.2 Å². The first-order valence-electron chi connectivity index (χ1n) is 5.87. The van der Waals surface area contributed by atoms with Crippen molar-refractivity contribution >= 4 is 45.2 Å². The molecule has 0 spiro atoms. The summed E-state index contributed by atoms with van der Waals surface area (Å²) in [6.45, 7) is 1.87. The minimum Gasteiger partial charge on any atom is -0.461 e. The zero-order valence-corrected chi connectivity index (χ0v) is 12.8. The number of allylic oxidation sites excluding steroid dienone is 2. The molecule has 4 atom stereocenters. The molecular weight excluding hydrogens is 299 g/mol. The summed E-state index contributed by atoms with van der Waals surface area (Å²) in [4.78, 5) is 12.0. The van der Waals surface area contributed by atoms with Gasteiger partial charge in [0.1, 0.15) is 5.73 Å². The molecule has 2 rings (SSSR count). The van der Waals surface area contributed by atoms with Gasteiger partial charge in [0.15, 0.2) is 0 Å². The van der Waals surface area contributed by atoms with E-state index < -0.39 is 11.7 Å². The fourth-order valence-corrected chi connectivity index (χ4v) is 5.16. The van der Waals surface area contributed by atoms with E-state index in [-0.39, 0.29) is 11.9 Å². The molecule has 2 nitrogen and oxygen atoms in total. The summed E-state index contributed by atoms with van der Waals surface area (Å²) in [7, 11) is 0. The van der Waals surface area contributed by atoms with Crippen LogP contribution in [0.4, 0.5) is 0 Å². The predicted molar refractivity (Wildman–Crippen MR) is 72.3 cm³/mol. The molecule has 6 heteroatoms. The average molecular weight is 314 g/mol. The molecule has 96 valence electrons. The molecule has 2 aliphatic carbocycles. The maximum atomic E-state index is 12.0. The number of esters is 1. The highest BCUT2D eigenvalue weighted by atomic mass is 35.8. The van der Waals surface area contributed by atoms with Crippen molar-refractivity contribution in [3.05, 3.63) is 12.2 Å². The van der Waals surface area contributed by atoms with Gasteiger partial charge in [0, 0.05) is 0 Å². The number of ether oxygens (including phenoxy) is 1. The summed E-state index contributed by atoms with van der Waals surface area (Å²) < 4.78 is 5.39. The number of rotatable bonds is 4. The van der Waals surface area contributed by atoms with E-state index in [9.17, 15) is 4.79 Å². The Morgan fingerprint density at radius 2 is 2.12 bits per heavy atom. The van der Waals surface area contributed by atoms with E-state index in [1.165, 1.54) is 0 Å². The van der Waals surface area contributed by atoms with Crippen LogP contribution in [0.15, 0.2) is 12.2 Å². The van der Waals surface area contributed by atoms with Gasteiger partial charge in [-0.2, -0.15) is 0 Å². The number of hydrogen-bond acceptors (Lipinski definition) is 2. The lowest BCUT2D eigenvalue weighted by molar-refractivity contribution is -0.151. The quantitative estimate of drug-likeness (QED) is 0.342. The highest BCUT2D eigenvalue weighted by Crippen LogP contribution is 2.44. The molecule has 0 N–H and O–H groups in total. The molecule has 2 aliphatic rings. The second-order valence-corrected chi connectivity index (χ2v) is 13.6. The van der Waals surface area contributed by atoms with E-state index in [4.69, 9.17) is 38.0 Å². The third-order valence-electron chi connectivity index (χ3n) is 3.58. The van der Waals surface area contributed by atoms with Crippen LogP contribution in [0.5, 0.6) is 0 Å². The first-order valence-corrected chi connectivity index (χ1v) is 11.0. The smallest absolute Gasteiger partial charge is 0.381 e. The van der Waals surface area contributed by atoms with Crippen LogP contribution in [0.25, 0.3) is 0 Å². The summed E-state index contributed by atoms with van der Waals surface area (Å²) >= 11 is 17.7. The van der Waals surface area contributed by atoms with Crippen molar-refractivity contribution in [1.29, 1.82) is 0 Å². The first-order chi connectivity index (χ1) is 7.91. The second kappa shape index (κ2) is 5.12. The van der Waals surface area contributed by atoms with E-state index >= 15 is 0 Å². The van der Waals surface area contributed by atoms with Crippen molar-refractivity contribution in [2.75, 3.05) is 0 Å². The number of hydrogen-bond donors (Lipinski definition) is 0. The van der Waals surface area contributed by atoms with Gasteiger partial charge < -0.3 is 4.74 Å². The van der Waals surface area contributed by atoms with Crippen molar-refractivity contribution in [1.82, 2.24) is 0 Å². The van der Waals surface area contributed by atoms with E-state index in [2.05, 4.69) is 12.2 Å². The molecule has 0 heterocycles. The molecule has 1 saturated carbocycles. The Labute approximate surface area is 116 Å². The Morgan fingerprint density at radius 1 is 1.41 bits per heavy atom.